The number of anilines is 1. The van der Waals surface area contributed by atoms with E-state index in [0.29, 0.717) is 17.3 Å². The summed E-state index contributed by atoms with van der Waals surface area (Å²) in [6.07, 6.45) is 1.04. The van der Waals surface area contributed by atoms with Gasteiger partial charge in [0.05, 0.1) is 17.3 Å². The number of halogens is 1. The van der Waals surface area contributed by atoms with Crippen LogP contribution in [0.2, 0.25) is 5.02 Å². The van der Waals surface area contributed by atoms with E-state index in [1.54, 1.807) is 12.1 Å². The zero-order chi connectivity index (χ0) is 15.9. The van der Waals surface area contributed by atoms with Crippen molar-refractivity contribution in [3.63, 3.8) is 0 Å². The molecule has 2 aromatic rings. The number of carbonyl (C=O) groups excluding carboxylic acids is 1. The maximum absolute atomic E-state index is 12.1. The minimum Gasteiger partial charge on any atom is -0.324 e. The molecule has 1 amide bonds. The molecule has 1 N–H and O–H groups in total. The second-order valence-corrected chi connectivity index (χ2v) is 5.78. The highest BCUT2D eigenvalue weighted by Crippen LogP contribution is 2.20. The van der Waals surface area contributed by atoms with E-state index in [2.05, 4.69) is 36.5 Å². The number of hydrogen-bond donors (Lipinski definition) is 1. The number of rotatable bonds is 6. The molecule has 0 heterocycles. The smallest absolute Gasteiger partial charge is 0.238 e. The Labute approximate surface area is 136 Å². The molecule has 0 unspecified atom stereocenters. The van der Waals surface area contributed by atoms with Gasteiger partial charge >= 0.3 is 0 Å². The lowest BCUT2D eigenvalue weighted by Crippen LogP contribution is -2.29. The summed E-state index contributed by atoms with van der Waals surface area (Å²) in [5, 5.41) is 3.38. The van der Waals surface area contributed by atoms with Crippen LogP contribution in [0, 0.1) is 0 Å². The fourth-order valence-electron chi connectivity index (χ4n) is 2.25. The number of aryl methyl sites for hydroxylation is 1. The zero-order valence-electron chi connectivity index (χ0n) is 13.0. The van der Waals surface area contributed by atoms with Gasteiger partial charge in [0.25, 0.3) is 0 Å². The Morgan fingerprint density at radius 2 is 1.73 bits per heavy atom. The van der Waals surface area contributed by atoms with E-state index in [0.717, 1.165) is 13.0 Å². The van der Waals surface area contributed by atoms with Crippen LogP contribution < -0.4 is 5.32 Å². The van der Waals surface area contributed by atoms with Gasteiger partial charge in [0, 0.05) is 6.54 Å². The van der Waals surface area contributed by atoms with E-state index in [9.17, 15) is 4.79 Å². The standard InChI is InChI=1S/C18H21ClN2O/c1-3-14-8-10-15(11-9-14)12-21(2)13-18(22)20-17-7-5-4-6-16(17)19/h4-11H,3,12-13H2,1-2H3,(H,20,22). The van der Waals surface area contributed by atoms with Crippen molar-refractivity contribution in [1.29, 1.82) is 0 Å². The average Bonchev–Trinajstić information content (AvgIpc) is 2.50. The molecule has 0 bridgehead atoms. The van der Waals surface area contributed by atoms with Crippen molar-refractivity contribution in [1.82, 2.24) is 4.90 Å². The summed E-state index contributed by atoms with van der Waals surface area (Å²) in [7, 11) is 1.93. The molecule has 2 aromatic carbocycles. The third kappa shape index (κ3) is 4.86. The molecule has 116 valence electrons. The second-order valence-electron chi connectivity index (χ2n) is 5.37. The molecule has 0 aliphatic rings. The quantitative estimate of drug-likeness (QED) is 0.874. The Balaban J connectivity index is 1.87. The maximum Gasteiger partial charge on any atom is 0.238 e. The van der Waals surface area contributed by atoms with Gasteiger partial charge in [-0.3, -0.25) is 9.69 Å². The predicted octanol–water partition coefficient (Wildman–Crippen LogP) is 3.97. The summed E-state index contributed by atoms with van der Waals surface area (Å²) in [5.41, 5.74) is 3.17. The number of benzene rings is 2. The Morgan fingerprint density at radius 3 is 2.36 bits per heavy atom. The van der Waals surface area contributed by atoms with Gasteiger partial charge < -0.3 is 5.32 Å². The molecule has 0 saturated carbocycles. The first-order chi connectivity index (χ1) is 10.6. The van der Waals surface area contributed by atoms with Crippen molar-refractivity contribution < 1.29 is 4.79 Å². The second kappa shape index (κ2) is 7.97. The highest BCUT2D eigenvalue weighted by molar-refractivity contribution is 6.33. The van der Waals surface area contributed by atoms with Crippen LogP contribution in [-0.4, -0.2) is 24.4 Å². The van der Waals surface area contributed by atoms with Crippen LogP contribution in [0.5, 0.6) is 0 Å². The van der Waals surface area contributed by atoms with Crippen LogP contribution in [0.4, 0.5) is 5.69 Å². The Morgan fingerprint density at radius 1 is 1.09 bits per heavy atom. The summed E-state index contributed by atoms with van der Waals surface area (Å²) in [5.74, 6) is -0.0687. The third-order valence-corrected chi connectivity index (χ3v) is 3.77. The third-order valence-electron chi connectivity index (χ3n) is 3.45. The fourth-order valence-corrected chi connectivity index (χ4v) is 2.43. The number of amides is 1. The Kier molecular flexibility index (Phi) is 5.99. The normalized spacial score (nSPS) is 10.7. The summed E-state index contributed by atoms with van der Waals surface area (Å²) in [6, 6.07) is 15.7. The number of para-hydroxylation sites is 1. The van der Waals surface area contributed by atoms with E-state index in [4.69, 9.17) is 11.6 Å². The van der Waals surface area contributed by atoms with E-state index in [1.807, 2.05) is 24.1 Å². The first-order valence-electron chi connectivity index (χ1n) is 7.39. The minimum absolute atomic E-state index is 0.0687. The lowest BCUT2D eigenvalue weighted by Gasteiger charge is -2.17. The average molecular weight is 317 g/mol. The molecule has 2 rings (SSSR count). The highest BCUT2D eigenvalue weighted by Gasteiger charge is 2.09. The van der Waals surface area contributed by atoms with Gasteiger partial charge in [0.2, 0.25) is 5.91 Å². The first kappa shape index (κ1) is 16.5. The number of nitrogens with zero attached hydrogens (tertiary/aromatic N) is 1. The summed E-state index contributed by atoms with van der Waals surface area (Å²) >= 11 is 6.03. The molecule has 0 aliphatic carbocycles. The van der Waals surface area contributed by atoms with Crippen LogP contribution in [-0.2, 0) is 17.8 Å². The molecule has 22 heavy (non-hydrogen) atoms. The van der Waals surface area contributed by atoms with Crippen molar-refractivity contribution in [2.75, 3.05) is 18.9 Å². The van der Waals surface area contributed by atoms with E-state index in [1.165, 1.54) is 11.1 Å². The van der Waals surface area contributed by atoms with Crippen molar-refractivity contribution in [3.8, 4) is 0 Å². The fraction of sp³-hybridized carbons (Fsp3) is 0.278. The molecular formula is C18H21ClN2O. The largest absolute Gasteiger partial charge is 0.324 e. The van der Waals surface area contributed by atoms with Gasteiger partial charge in [0.1, 0.15) is 0 Å². The molecule has 0 aliphatic heterocycles. The molecule has 4 heteroatoms. The van der Waals surface area contributed by atoms with Crippen LogP contribution in [0.15, 0.2) is 48.5 Å². The monoisotopic (exact) mass is 316 g/mol. The lowest BCUT2D eigenvalue weighted by molar-refractivity contribution is -0.117. The van der Waals surface area contributed by atoms with Gasteiger partial charge in [-0.2, -0.15) is 0 Å². The predicted molar refractivity (Wildman–Crippen MR) is 92.2 cm³/mol. The highest BCUT2D eigenvalue weighted by atomic mass is 35.5. The van der Waals surface area contributed by atoms with Gasteiger partial charge in [-0.15, -0.1) is 0 Å². The minimum atomic E-state index is -0.0687. The number of likely N-dealkylation sites (N-methyl/N-ethyl adjacent to an activating group) is 1. The topological polar surface area (TPSA) is 32.3 Å². The molecule has 0 radical (unpaired) electrons. The van der Waals surface area contributed by atoms with E-state index >= 15 is 0 Å². The lowest BCUT2D eigenvalue weighted by atomic mass is 10.1. The number of carbonyl (C=O) groups is 1. The summed E-state index contributed by atoms with van der Waals surface area (Å²) < 4.78 is 0. The summed E-state index contributed by atoms with van der Waals surface area (Å²) in [6.45, 7) is 3.20. The molecular weight excluding hydrogens is 296 g/mol. The molecule has 0 fully saturated rings. The Bertz CT molecular complexity index is 625. The van der Waals surface area contributed by atoms with Crippen LogP contribution in [0.3, 0.4) is 0 Å². The van der Waals surface area contributed by atoms with Crippen LogP contribution >= 0.6 is 11.6 Å². The van der Waals surface area contributed by atoms with Crippen molar-refractivity contribution in [2.45, 2.75) is 19.9 Å². The van der Waals surface area contributed by atoms with Crippen molar-refractivity contribution in [3.05, 3.63) is 64.7 Å². The van der Waals surface area contributed by atoms with Gasteiger partial charge in [-0.1, -0.05) is 54.9 Å². The van der Waals surface area contributed by atoms with Gasteiger partial charge in [-0.05, 0) is 36.7 Å². The zero-order valence-corrected chi connectivity index (χ0v) is 13.7. The van der Waals surface area contributed by atoms with Gasteiger partial charge in [0.15, 0.2) is 0 Å². The van der Waals surface area contributed by atoms with E-state index in [-0.39, 0.29) is 5.91 Å². The SMILES string of the molecule is CCc1ccc(CN(C)CC(=O)Nc2ccccc2Cl)cc1. The Hall–Kier alpha value is -1.84. The van der Waals surface area contributed by atoms with Gasteiger partial charge in [-0.25, -0.2) is 0 Å². The molecule has 0 atom stereocenters. The summed E-state index contributed by atoms with van der Waals surface area (Å²) in [4.78, 5) is 14.0. The van der Waals surface area contributed by atoms with Crippen molar-refractivity contribution in [2.24, 2.45) is 0 Å². The number of hydrogen-bond acceptors (Lipinski definition) is 2. The molecule has 0 aromatic heterocycles. The van der Waals surface area contributed by atoms with Crippen LogP contribution in [0.25, 0.3) is 0 Å². The molecule has 0 saturated heterocycles. The maximum atomic E-state index is 12.1. The van der Waals surface area contributed by atoms with Crippen molar-refractivity contribution >= 4 is 23.2 Å². The van der Waals surface area contributed by atoms with E-state index < -0.39 is 0 Å². The first-order valence-corrected chi connectivity index (χ1v) is 7.77. The number of nitrogens with one attached hydrogen (secondary N) is 1. The molecule has 0 spiro atoms. The molecule has 3 nitrogen and oxygen atoms in total. The van der Waals surface area contributed by atoms with Crippen LogP contribution in [0.1, 0.15) is 18.1 Å².